The Morgan fingerprint density at radius 2 is 1.95 bits per heavy atom. The Hall–Kier alpha value is -2.12. The number of nitrogens with two attached hydrogens (primary N) is 1. The average molecular weight is 340 g/mol. The molecule has 2 amide bonds. The maximum absolute atomic E-state index is 12.3. The third kappa shape index (κ3) is 3.96. The van der Waals surface area contributed by atoms with Crippen LogP contribution in [-0.4, -0.2) is 22.4 Å². The van der Waals surface area contributed by atoms with Crippen molar-refractivity contribution in [2.75, 3.05) is 5.32 Å². The van der Waals surface area contributed by atoms with Crippen LogP contribution in [0.4, 0.5) is 5.13 Å². The quantitative estimate of drug-likeness (QED) is 0.875. The number of hydrogen-bond acceptors (Lipinski definition) is 5. The molecule has 2 aromatic rings. The van der Waals surface area contributed by atoms with Gasteiger partial charge in [-0.3, -0.25) is 14.9 Å². The van der Waals surface area contributed by atoms with Crippen LogP contribution in [-0.2, 0) is 4.79 Å². The number of rotatable bonds is 5. The number of amides is 2. The number of ether oxygens (including phenoxy) is 1. The van der Waals surface area contributed by atoms with Gasteiger partial charge in [-0.1, -0.05) is 22.9 Å². The lowest BCUT2D eigenvalue weighted by molar-refractivity contribution is -0.128. The molecule has 0 saturated carbocycles. The number of hydrogen-bond donors (Lipinski definition) is 2. The summed E-state index contributed by atoms with van der Waals surface area (Å²) in [6.07, 6.45) is 1.32. The van der Waals surface area contributed by atoms with Crippen molar-refractivity contribution < 1.29 is 14.3 Å². The van der Waals surface area contributed by atoms with Crippen molar-refractivity contribution in [1.29, 1.82) is 0 Å². The molecule has 1 aromatic heterocycles. The summed E-state index contributed by atoms with van der Waals surface area (Å²) in [6.45, 7) is 3.25. The Bertz CT molecular complexity index is 698. The molecule has 0 unspecified atom stereocenters. The molecule has 6 nitrogen and oxygen atoms in total. The van der Waals surface area contributed by atoms with Crippen LogP contribution in [0.1, 0.15) is 23.5 Å². The third-order valence-corrected chi connectivity index (χ3v) is 3.88. The molecule has 0 fully saturated rings. The Balaban J connectivity index is 2.05. The van der Waals surface area contributed by atoms with Crippen LogP contribution < -0.4 is 15.8 Å². The number of aromatic nitrogens is 1. The fourth-order valence-electron chi connectivity index (χ4n) is 1.54. The molecular formula is C14H14ClN3O3S. The van der Waals surface area contributed by atoms with Crippen molar-refractivity contribution in [3.05, 3.63) is 40.4 Å². The van der Waals surface area contributed by atoms with E-state index in [-0.39, 0.29) is 10.0 Å². The highest BCUT2D eigenvalue weighted by molar-refractivity contribution is 7.17. The second-order valence-electron chi connectivity index (χ2n) is 4.91. The van der Waals surface area contributed by atoms with E-state index in [9.17, 15) is 9.59 Å². The molecule has 1 aromatic carbocycles. The van der Waals surface area contributed by atoms with Crippen molar-refractivity contribution in [3.63, 3.8) is 0 Å². The molecule has 0 aliphatic heterocycles. The van der Waals surface area contributed by atoms with E-state index in [2.05, 4.69) is 10.3 Å². The SMILES string of the molecule is CC(C)(Oc1ccc(Cl)cc1)C(=O)Nc1ncc(C(N)=O)s1. The molecule has 1 heterocycles. The first kappa shape index (κ1) is 16.3. The fourth-order valence-corrected chi connectivity index (χ4v) is 2.33. The number of carbonyl (C=O) groups is 2. The highest BCUT2D eigenvalue weighted by Gasteiger charge is 2.30. The Labute approximate surface area is 136 Å². The number of halogens is 1. The Kier molecular flexibility index (Phi) is 4.68. The van der Waals surface area contributed by atoms with Gasteiger partial charge in [0.25, 0.3) is 11.8 Å². The minimum atomic E-state index is -1.13. The Morgan fingerprint density at radius 1 is 1.32 bits per heavy atom. The summed E-state index contributed by atoms with van der Waals surface area (Å²) < 4.78 is 5.66. The zero-order valence-corrected chi connectivity index (χ0v) is 13.5. The van der Waals surface area contributed by atoms with Crippen LogP contribution in [0.5, 0.6) is 5.75 Å². The summed E-state index contributed by atoms with van der Waals surface area (Å²) in [5.74, 6) is -0.469. The lowest BCUT2D eigenvalue weighted by Crippen LogP contribution is -2.42. The minimum Gasteiger partial charge on any atom is -0.478 e. The zero-order chi connectivity index (χ0) is 16.3. The summed E-state index contributed by atoms with van der Waals surface area (Å²) in [6, 6.07) is 6.69. The van der Waals surface area contributed by atoms with Crippen LogP contribution in [0.2, 0.25) is 5.02 Å². The van der Waals surface area contributed by atoms with Gasteiger partial charge in [0, 0.05) is 5.02 Å². The lowest BCUT2D eigenvalue weighted by Gasteiger charge is -2.24. The number of primary amides is 1. The molecule has 0 aliphatic rings. The van der Waals surface area contributed by atoms with Crippen molar-refractivity contribution in [2.24, 2.45) is 5.73 Å². The number of nitrogens with zero attached hydrogens (tertiary/aromatic N) is 1. The number of benzene rings is 1. The predicted molar refractivity (Wildman–Crippen MR) is 85.4 cm³/mol. The second-order valence-corrected chi connectivity index (χ2v) is 6.38. The first-order valence-corrected chi connectivity index (χ1v) is 7.49. The summed E-state index contributed by atoms with van der Waals surface area (Å²) in [4.78, 5) is 27.5. The van der Waals surface area contributed by atoms with Gasteiger partial charge in [0.15, 0.2) is 10.7 Å². The molecule has 2 rings (SSSR count). The van der Waals surface area contributed by atoms with Crippen LogP contribution in [0.3, 0.4) is 0 Å². The minimum absolute atomic E-state index is 0.270. The van der Waals surface area contributed by atoms with Crippen molar-refractivity contribution in [2.45, 2.75) is 19.4 Å². The number of thiazole rings is 1. The normalized spacial score (nSPS) is 11.0. The second kappa shape index (κ2) is 6.33. The maximum Gasteiger partial charge on any atom is 0.269 e. The molecule has 116 valence electrons. The molecule has 0 spiro atoms. The van der Waals surface area contributed by atoms with Gasteiger partial charge < -0.3 is 10.5 Å². The van der Waals surface area contributed by atoms with Gasteiger partial charge in [-0.2, -0.15) is 0 Å². The molecule has 0 atom stereocenters. The molecular weight excluding hydrogens is 326 g/mol. The molecule has 0 aliphatic carbocycles. The molecule has 8 heteroatoms. The molecule has 0 radical (unpaired) electrons. The molecule has 0 saturated heterocycles. The number of nitrogens with one attached hydrogen (secondary N) is 1. The Morgan fingerprint density at radius 3 is 2.50 bits per heavy atom. The van der Waals surface area contributed by atoms with E-state index in [1.807, 2.05) is 0 Å². The highest BCUT2D eigenvalue weighted by Crippen LogP contribution is 2.23. The standard InChI is InChI=1S/C14H14ClN3O3S/c1-14(2,21-9-5-3-8(15)4-6-9)12(20)18-13-17-7-10(22-13)11(16)19/h3-7H,1-2H3,(H2,16,19)(H,17,18,20). The van der Waals surface area contributed by atoms with Crippen molar-refractivity contribution in [1.82, 2.24) is 4.98 Å². The summed E-state index contributed by atoms with van der Waals surface area (Å²) in [7, 11) is 0. The van der Waals surface area contributed by atoms with Crippen LogP contribution in [0.25, 0.3) is 0 Å². The van der Waals surface area contributed by atoms with E-state index in [4.69, 9.17) is 22.1 Å². The van der Waals surface area contributed by atoms with Crippen LogP contribution >= 0.6 is 22.9 Å². The van der Waals surface area contributed by atoms with Gasteiger partial charge >= 0.3 is 0 Å². The summed E-state index contributed by atoms with van der Waals surface area (Å²) in [5, 5.41) is 3.46. The van der Waals surface area contributed by atoms with Crippen molar-refractivity contribution >= 4 is 39.9 Å². The maximum atomic E-state index is 12.3. The zero-order valence-electron chi connectivity index (χ0n) is 11.9. The van der Waals surface area contributed by atoms with Gasteiger partial charge in [0.05, 0.1) is 6.20 Å². The van der Waals surface area contributed by atoms with E-state index in [0.717, 1.165) is 11.3 Å². The van der Waals surface area contributed by atoms with E-state index in [0.29, 0.717) is 10.8 Å². The lowest BCUT2D eigenvalue weighted by atomic mass is 10.1. The molecule has 0 bridgehead atoms. The average Bonchev–Trinajstić information content (AvgIpc) is 2.90. The fraction of sp³-hybridized carbons (Fsp3) is 0.214. The topological polar surface area (TPSA) is 94.3 Å². The van der Waals surface area contributed by atoms with Crippen molar-refractivity contribution in [3.8, 4) is 5.75 Å². The highest BCUT2D eigenvalue weighted by atomic mass is 35.5. The number of carbonyl (C=O) groups excluding carboxylic acids is 2. The van der Waals surface area contributed by atoms with Crippen LogP contribution in [0.15, 0.2) is 30.5 Å². The van der Waals surface area contributed by atoms with Gasteiger partial charge in [0.2, 0.25) is 0 Å². The predicted octanol–water partition coefficient (Wildman–Crippen LogP) is 2.69. The van der Waals surface area contributed by atoms with Gasteiger partial charge in [-0.25, -0.2) is 4.98 Å². The van der Waals surface area contributed by atoms with E-state index in [1.54, 1.807) is 38.1 Å². The van der Waals surface area contributed by atoms with Gasteiger partial charge in [0.1, 0.15) is 10.6 Å². The van der Waals surface area contributed by atoms with E-state index < -0.39 is 17.4 Å². The van der Waals surface area contributed by atoms with E-state index in [1.165, 1.54) is 6.20 Å². The third-order valence-electron chi connectivity index (χ3n) is 2.70. The first-order valence-electron chi connectivity index (χ1n) is 6.29. The monoisotopic (exact) mass is 339 g/mol. The first-order chi connectivity index (χ1) is 10.3. The largest absolute Gasteiger partial charge is 0.478 e. The molecule has 3 N–H and O–H groups in total. The van der Waals surface area contributed by atoms with Crippen LogP contribution in [0, 0.1) is 0 Å². The van der Waals surface area contributed by atoms with Gasteiger partial charge in [-0.05, 0) is 38.1 Å². The summed E-state index contributed by atoms with van der Waals surface area (Å²) >= 11 is 6.80. The number of anilines is 1. The van der Waals surface area contributed by atoms with E-state index >= 15 is 0 Å². The molecule has 22 heavy (non-hydrogen) atoms. The smallest absolute Gasteiger partial charge is 0.269 e. The summed E-state index contributed by atoms with van der Waals surface area (Å²) in [5.41, 5.74) is 4.01. The van der Waals surface area contributed by atoms with Gasteiger partial charge in [-0.15, -0.1) is 0 Å².